The van der Waals surface area contributed by atoms with Gasteiger partial charge in [-0.25, -0.2) is 9.13 Å². The first-order chi connectivity index (χ1) is 13.3. The Balaban J connectivity index is 3.82. The van der Waals surface area contributed by atoms with Gasteiger partial charge in [-0.2, -0.15) is 0 Å². The summed E-state index contributed by atoms with van der Waals surface area (Å²) >= 11 is 0. The second-order valence-electron chi connectivity index (χ2n) is 9.34. The maximum Gasteiger partial charge on any atom is 0.378 e. The quantitative estimate of drug-likeness (QED) is 0.0920. The molecule has 28 heavy (non-hydrogen) atoms. The van der Waals surface area contributed by atoms with Crippen molar-refractivity contribution in [2.75, 3.05) is 21.1 Å². The Morgan fingerprint density at radius 1 is 0.643 bits per heavy atom. The molecule has 0 aromatic heterocycles. The summed E-state index contributed by atoms with van der Waals surface area (Å²) in [7, 11) is 3.66. The van der Waals surface area contributed by atoms with Crippen molar-refractivity contribution in [3.05, 3.63) is 12.2 Å². The van der Waals surface area contributed by atoms with E-state index in [4.69, 9.17) is 0 Å². The predicted octanol–water partition coefficient (Wildman–Crippen LogP) is 8.40. The summed E-state index contributed by atoms with van der Waals surface area (Å²) in [6, 6.07) is 0. The molecule has 0 amide bonds. The second-order valence-corrected chi connectivity index (χ2v) is 10.7. The van der Waals surface area contributed by atoms with Crippen LogP contribution in [0.3, 0.4) is 0 Å². The lowest BCUT2D eigenvalue weighted by Gasteiger charge is -2.41. The van der Waals surface area contributed by atoms with Gasteiger partial charge in [0.1, 0.15) is 0 Å². The normalized spacial score (nSPS) is 14.5. The number of hydrogen-bond donors (Lipinski definition) is 0. The monoisotopic (exact) mass is 414 g/mol. The lowest BCUT2D eigenvalue weighted by atomic mass is 9.99. The Morgan fingerprint density at radius 2 is 1.11 bits per heavy atom. The van der Waals surface area contributed by atoms with Crippen molar-refractivity contribution < 1.29 is 13.6 Å². The third-order valence-corrected chi connectivity index (χ3v) is 7.80. The summed E-state index contributed by atoms with van der Waals surface area (Å²) in [6.45, 7) is 4.35. The fraction of sp³-hybridized carbons (Fsp3) is 0.917. The zero-order valence-electron chi connectivity index (χ0n) is 19.7. The number of unbranched alkanes of at least 4 members (excludes halogenated alkanes) is 11. The first-order valence-electron chi connectivity index (χ1n) is 11.9. The molecule has 0 radical (unpaired) electrons. The molecule has 0 rings (SSSR count). The van der Waals surface area contributed by atoms with E-state index < -0.39 is 13.0 Å². The summed E-state index contributed by atoms with van der Waals surface area (Å²) in [4.78, 5) is 0. The van der Waals surface area contributed by atoms with Gasteiger partial charge in [-0.3, -0.25) is 0 Å². The molecule has 0 saturated carbocycles. The van der Waals surface area contributed by atoms with Crippen molar-refractivity contribution in [2.45, 2.75) is 122 Å². The Hall–Kier alpha value is -0.400. The van der Waals surface area contributed by atoms with E-state index in [2.05, 4.69) is 26.0 Å². The summed E-state index contributed by atoms with van der Waals surface area (Å²) in [5.41, 5.74) is 0. The van der Waals surface area contributed by atoms with Crippen LogP contribution in [0.2, 0.25) is 0 Å². The fourth-order valence-electron chi connectivity index (χ4n) is 4.10. The number of quaternary nitrogens is 1. The van der Waals surface area contributed by atoms with Crippen LogP contribution in [0, 0.1) is 0 Å². The van der Waals surface area contributed by atoms with Gasteiger partial charge < -0.3 is 4.48 Å². The molecule has 0 heterocycles. The number of nitrogens with zero attached hydrogens (tertiary/aromatic N) is 1. The molecule has 0 spiro atoms. The van der Waals surface area contributed by atoms with E-state index in [1.165, 1.54) is 70.6 Å². The second kappa shape index (κ2) is 16.4. The van der Waals surface area contributed by atoms with Crippen LogP contribution >= 0.6 is 7.68 Å². The Kier molecular flexibility index (Phi) is 16.2. The summed E-state index contributed by atoms with van der Waals surface area (Å²) < 4.78 is 24.6. The Morgan fingerprint density at radius 3 is 1.54 bits per heavy atom. The molecule has 0 aliphatic carbocycles. The molecule has 0 aromatic rings. The highest BCUT2D eigenvalue weighted by atomic mass is 31.1. The van der Waals surface area contributed by atoms with Gasteiger partial charge in [-0.05, 0) is 38.5 Å². The molecular formula is C24H49NO2P+. The van der Waals surface area contributed by atoms with E-state index in [0.717, 1.165) is 32.1 Å². The van der Waals surface area contributed by atoms with Crippen LogP contribution in [0.4, 0.5) is 0 Å². The smallest absolute Gasteiger partial charge is 0.314 e. The van der Waals surface area contributed by atoms with Crippen molar-refractivity contribution in [3.63, 3.8) is 0 Å². The van der Waals surface area contributed by atoms with Gasteiger partial charge in [0.25, 0.3) is 0 Å². The lowest BCUT2D eigenvalue weighted by Crippen LogP contribution is -2.53. The minimum absolute atomic E-state index is 0.518. The highest BCUT2D eigenvalue weighted by Crippen LogP contribution is 2.44. The topological polar surface area (TPSA) is 34.1 Å². The number of allylic oxidation sites excluding steroid dienone is 2. The van der Waals surface area contributed by atoms with Gasteiger partial charge in [-0.1, -0.05) is 77.4 Å². The molecule has 0 aromatic carbocycles. The summed E-state index contributed by atoms with van der Waals surface area (Å²) in [6.07, 6.45) is 23.8. The third kappa shape index (κ3) is 11.6. The maximum atomic E-state index is 12.1. The zero-order valence-corrected chi connectivity index (χ0v) is 20.6. The van der Waals surface area contributed by atoms with Crippen LogP contribution in [0.25, 0.3) is 0 Å². The molecule has 0 aliphatic rings. The van der Waals surface area contributed by atoms with Crippen LogP contribution < -0.4 is 0 Å². The highest BCUT2D eigenvalue weighted by molar-refractivity contribution is 7.32. The molecule has 1 atom stereocenters. The largest absolute Gasteiger partial charge is 0.378 e. The fourth-order valence-corrected chi connectivity index (χ4v) is 5.34. The van der Waals surface area contributed by atoms with E-state index in [9.17, 15) is 9.13 Å². The molecule has 3 nitrogen and oxygen atoms in total. The first kappa shape index (κ1) is 27.6. The first-order valence-corrected chi connectivity index (χ1v) is 13.1. The molecule has 4 heteroatoms. The molecule has 0 N–H and O–H groups in total. The van der Waals surface area contributed by atoms with Crippen molar-refractivity contribution in [2.24, 2.45) is 0 Å². The van der Waals surface area contributed by atoms with E-state index in [-0.39, 0.29) is 0 Å². The van der Waals surface area contributed by atoms with Gasteiger partial charge >= 0.3 is 7.68 Å². The third-order valence-electron chi connectivity index (χ3n) is 6.08. The zero-order chi connectivity index (χ0) is 21.3. The van der Waals surface area contributed by atoms with Crippen LogP contribution in [0.1, 0.15) is 117 Å². The highest BCUT2D eigenvalue weighted by Gasteiger charge is 2.47. The van der Waals surface area contributed by atoms with E-state index >= 15 is 0 Å². The van der Waals surface area contributed by atoms with Crippen molar-refractivity contribution in [3.8, 4) is 0 Å². The SMILES string of the molecule is CCCCCCCC=CCCCCCCCCC(CCC)(P(=O)=O)[N+](C)(C)C. The van der Waals surface area contributed by atoms with Gasteiger partial charge in [0, 0.05) is 12.8 Å². The molecule has 0 saturated heterocycles. The van der Waals surface area contributed by atoms with Crippen molar-refractivity contribution in [1.29, 1.82) is 0 Å². The summed E-state index contributed by atoms with van der Waals surface area (Å²) in [5, 5.41) is -0.592. The van der Waals surface area contributed by atoms with Crippen molar-refractivity contribution >= 4 is 7.68 Å². The number of rotatable bonds is 19. The lowest BCUT2D eigenvalue weighted by molar-refractivity contribution is -0.908. The number of hydrogen-bond acceptors (Lipinski definition) is 2. The standard InChI is InChI=1S/C24H49NO2P/c1-6-8-9-10-11-12-13-14-15-16-17-18-19-20-21-23-24(22-7-2,28(26)27)25(3,4)5/h13-14H,6-12,15-23H2,1-5H3/q+1. The minimum Gasteiger partial charge on any atom is -0.314 e. The average molecular weight is 415 g/mol. The maximum absolute atomic E-state index is 12.1. The van der Waals surface area contributed by atoms with Crippen LogP contribution in [-0.4, -0.2) is 30.9 Å². The molecule has 166 valence electrons. The van der Waals surface area contributed by atoms with E-state index in [0.29, 0.717) is 4.48 Å². The Bertz CT molecular complexity index is 458. The molecule has 0 bridgehead atoms. The summed E-state index contributed by atoms with van der Waals surface area (Å²) in [5.74, 6) is 0. The Labute approximate surface area is 176 Å². The van der Waals surface area contributed by atoms with Crippen LogP contribution in [-0.2, 0) is 9.13 Å². The van der Waals surface area contributed by atoms with Gasteiger partial charge in [0.2, 0.25) is 5.28 Å². The van der Waals surface area contributed by atoms with Gasteiger partial charge in [0.15, 0.2) is 0 Å². The molecular weight excluding hydrogens is 365 g/mol. The van der Waals surface area contributed by atoms with Crippen LogP contribution in [0.5, 0.6) is 0 Å². The predicted molar refractivity (Wildman–Crippen MR) is 123 cm³/mol. The molecule has 0 aliphatic heterocycles. The molecule has 0 fully saturated rings. The molecule has 1 unspecified atom stereocenters. The minimum atomic E-state index is -2.42. The van der Waals surface area contributed by atoms with Gasteiger partial charge in [-0.15, -0.1) is 0 Å². The van der Waals surface area contributed by atoms with E-state index in [1.807, 2.05) is 21.1 Å². The van der Waals surface area contributed by atoms with Crippen molar-refractivity contribution in [1.82, 2.24) is 0 Å². The van der Waals surface area contributed by atoms with Crippen LogP contribution in [0.15, 0.2) is 12.2 Å². The average Bonchev–Trinajstić information content (AvgIpc) is 2.62. The van der Waals surface area contributed by atoms with E-state index in [1.54, 1.807) is 0 Å². The van der Waals surface area contributed by atoms with Gasteiger partial charge in [0.05, 0.1) is 21.1 Å².